The van der Waals surface area contributed by atoms with Crippen LogP contribution in [0.4, 0.5) is 0 Å². The van der Waals surface area contributed by atoms with E-state index in [1.54, 1.807) is 37.5 Å². The third-order valence-corrected chi connectivity index (χ3v) is 10.9. The highest BCUT2D eigenvalue weighted by molar-refractivity contribution is 7.89. The summed E-state index contributed by atoms with van der Waals surface area (Å²) in [7, 11) is -3.90. The maximum Gasteiger partial charge on any atom is 0.244 e. The van der Waals surface area contributed by atoms with Crippen LogP contribution < -0.4 is 5.32 Å². The van der Waals surface area contributed by atoms with Crippen molar-refractivity contribution in [1.82, 2.24) is 14.6 Å². The molecule has 4 bridgehead atoms. The second-order valence-electron chi connectivity index (χ2n) is 11.0. The summed E-state index contributed by atoms with van der Waals surface area (Å²) in [6.45, 7) is 2.09. The summed E-state index contributed by atoms with van der Waals surface area (Å²) < 4.78 is 29.1. The third kappa shape index (κ3) is 3.25. The number of nitrogens with one attached hydrogen (secondary N) is 1. The normalized spacial score (nSPS) is 38.1. The van der Waals surface area contributed by atoms with Gasteiger partial charge in [0.15, 0.2) is 0 Å². The van der Waals surface area contributed by atoms with Gasteiger partial charge in [-0.25, -0.2) is 8.42 Å². The predicted molar refractivity (Wildman–Crippen MR) is 124 cm³/mol. The van der Waals surface area contributed by atoms with Crippen LogP contribution in [-0.2, 0) is 14.8 Å². The summed E-state index contributed by atoms with van der Waals surface area (Å²) in [6, 6.07) is 7.03. The number of aromatic nitrogens is 1. The molecule has 1 aliphatic heterocycles. The zero-order valence-corrected chi connectivity index (χ0v) is 19.7. The van der Waals surface area contributed by atoms with Gasteiger partial charge in [-0.2, -0.15) is 4.31 Å². The van der Waals surface area contributed by atoms with Crippen molar-refractivity contribution in [3.05, 3.63) is 36.7 Å². The van der Waals surface area contributed by atoms with E-state index in [0.29, 0.717) is 30.7 Å². The number of amides is 1. The standard InChI is InChI=1S/C25H31N3O4S/c1-24(23(29)27-22-18-10-16-11-19(22)14-25(30,12-16)13-18)7-3-9-28(24)33(31,32)21-5-2-4-17-6-8-26-15-20(17)21/h2,4-6,8,15-16,18-19,22,30H,3,7,9-14H2,1H3,(H,27,29). The van der Waals surface area contributed by atoms with Crippen LogP contribution in [0.25, 0.3) is 10.8 Å². The Kier molecular flexibility index (Phi) is 4.71. The smallest absolute Gasteiger partial charge is 0.244 e. The zero-order chi connectivity index (χ0) is 23.0. The van der Waals surface area contributed by atoms with E-state index < -0.39 is 21.2 Å². The quantitative estimate of drug-likeness (QED) is 0.717. The van der Waals surface area contributed by atoms with Gasteiger partial charge in [-0.05, 0) is 87.1 Å². The first-order valence-corrected chi connectivity index (χ1v) is 13.5. The van der Waals surface area contributed by atoms with Crippen LogP contribution in [0.15, 0.2) is 41.6 Å². The van der Waals surface area contributed by atoms with Crippen molar-refractivity contribution in [2.75, 3.05) is 6.54 Å². The molecule has 0 radical (unpaired) electrons. The molecule has 0 spiro atoms. The number of fused-ring (bicyclic) bond motifs is 1. The molecule has 8 heteroatoms. The largest absolute Gasteiger partial charge is 0.390 e. The molecule has 5 aliphatic rings. The Hall–Kier alpha value is -2.03. The van der Waals surface area contributed by atoms with Crippen LogP contribution in [-0.4, -0.2) is 52.4 Å². The lowest BCUT2D eigenvalue weighted by molar-refractivity contribution is -0.150. The van der Waals surface area contributed by atoms with Gasteiger partial charge in [0.1, 0.15) is 5.54 Å². The van der Waals surface area contributed by atoms with Crippen molar-refractivity contribution in [3.63, 3.8) is 0 Å². The van der Waals surface area contributed by atoms with E-state index in [1.807, 2.05) is 6.07 Å². The van der Waals surface area contributed by atoms with Crippen LogP contribution in [0.3, 0.4) is 0 Å². The Morgan fingerprint density at radius 2 is 1.94 bits per heavy atom. The molecule has 2 aromatic rings. The van der Waals surface area contributed by atoms with Gasteiger partial charge in [-0.3, -0.25) is 9.78 Å². The summed E-state index contributed by atoms with van der Waals surface area (Å²) >= 11 is 0. The summed E-state index contributed by atoms with van der Waals surface area (Å²) in [5.74, 6) is 0.916. The van der Waals surface area contributed by atoms with Crippen molar-refractivity contribution in [1.29, 1.82) is 0 Å². The highest BCUT2D eigenvalue weighted by atomic mass is 32.2. The number of aliphatic hydroxyl groups is 1. The summed E-state index contributed by atoms with van der Waals surface area (Å²) in [5.41, 5.74) is -1.69. The average molecular weight is 470 g/mol. The monoisotopic (exact) mass is 469 g/mol. The maximum absolute atomic E-state index is 13.8. The molecule has 176 valence electrons. The topological polar surface area (TPSA) is 99.6 Å². The number of pyridine rings is 1. The summed E-state index contributed by atoms with van der Waals surface area (Å²) in [4.78, 5) is 18.0. The van der Waals surface area contributed by atoms with Crippen LogP contribution >= 0.6 is 0 Å². The van der Waals surface area contributed by atoms with Crippen LogP contribution in [0.5, 0.6) is 0 Å². The Labute approximate surface area is 194 Å². The van der Waals surface area contributed by atoms with Crippen LogP contribution in [0.2, 0.25) is 0 Å². The number of rotatable bonds is 4. The molecule has 1 amide bonds. The van der Waals surface area contributed by atoms with Gasteiger partial charge in [0.25, 0.3) is 0 Å². The Bertz CT molecular complexity index is 1210. The van der Waals surface area contributed by atoms with Gasteiger partial charge in [0.05, 0.1) is 10.5 Å². The van der Waals surface area contributed by atoms with Gasteiger partial charge in [0.2, 0.25) is 15.9 Å². The van der Waals surface area contributed by atoms with E-state index in [-0.39, 0.29) is 28.7 Å². The number of sulfonamides is 1. The number of nitrogens with zero attached hydrogens (tertiary/aromatic N) is 2. The molecule has 33 heavy (non-hydrogen) atoms. The number of carbonyl (C=O) groups excluding carboxylic acids is 1. The number of hydrogen-bond donors (Lipinski definition) is 2. The number of hydrogen-bond acceptors (Lipinski definition) is 5. The Morgan fingerprint density at radius 3 is 2.67 bits per heavy atom. The number of benzene rings is 1. The van der Waals surface area contributed by atoms with E-state index in [2.05, 4.69) is 10.3 Å². The average Bonchev–Trinajstić information content (AvgIpc) is 3.18. The Morgan fingerprint density at radius 1 is 1.18 bits per heavy atom. The van der Waals surface area contributed by atoms with E-state index in [1.165, 1.54) is 4.31 Å². The van der Waals surface area contributed by atoms with Crippen molar-refractivity contribution >= 4 is 26.7 Å². The molecular weight excluding hydrogens is 438 g/mol. The molecular formula is C25H31N3O4S. The first kappa shape index (κ1) is 21.5. The van der Waals surface area contributed by atoms with Crippen LogP contribution in [0, 0.1) is 17.8 Å². The van der Waals surface area contributed by atoms with Gasteiger partial charge in [-0.15, -0.1) is 0 Å². The first-order valence-electron chi connectivity index (χ1n) is 12.1. The molecule has 1 aromatic carbocycles. The molecule has 2 heterocycles. The molecule has 4 aliphatic carbocycles. The fourth-order valence-corrected chi connectivity index (χ4v) is 9.51. The third-order valence-electron chi connectivity index (χ3n) is 8.81. The molecule has 3 atom stereocenters. The molecule has 1 aromatic heterocycles. The molecule has 2 N–H and O–H groups in total. The zero-order valence-electron chi connectivity index (χ0n) is 18.9. The highest BCUT2D eigenvalue weighted by Crippen LogP contribution is 2.55. The lowest BCUT2D eigenvalue weighted by Gasteiger charge is -2.58. The second kappa shape index (κ2) is 7.23. The Balaban J connectivity index is 1.29. The lowest BCUT2D eigenvalue weighted by atomic mass is 9.52. The molecule has 7 nitrogen and oxygen atoms in total. The summed E-state index contributed by atoms with van der Waals surface area (Å²) in [5, 5.41) is 15.5. The molecule has 7 rings (SSSR count). The molecule has 4 saturated carbocycles. The van der Waals surface area contributed by atoms with Crippen molar-refractivity contribution in [2.24, 2.45) is 17.8 Å². The predicted octanol–water partition coefficient (Wildman–Crippen LogP) is 2.83. The highest BCUT2D eigenvalue weighted by Gasteiger charge is 2.57. The minimum atomic E-state index is -3.90. The van der Waals surface area contributed by atoms with E-state index in [4.69, 9.17) is 0 Å². The fraction of sp³-hybridized carbons (Fsp3) is 0.600. The SMILES string of the molecule is CC1(C(=O)NC2C3CC4CC2CC(O)(C4)C3)CCCN1S(=O)(=O)c1cccc2ccncc12. The minimum Gasteiger partial charge on any atom is -0.390 e. The minimum absolute atomic E-state index is 0.0260. The first-order chi connectivity index (χ1) is 15.7. The number of carbonyl (C=O) groups is 1. The molecule has 5 fully saturated rings. The van der Waals surface area contributed by atoms with Gasteiger partial charge >= 0.3 is 0 Å². The summed E-state index contributed by atoms with van der Waals surface area (Å²) in [6.07, 6.45) is 8.84. The van der Waals surface area contributed by atoms with E-state index in [0.717, 1.165) is 37.5 Å². The lowest BCUT2D eigenvalue weighted by Crippen LogP contribution is -2.65. The van der Waals surface area contributed by atoms with Crippen LogP contribution in [0.1, 0.15) is 51.9 Å². The maximum atomic E-state index is 13.8. The van der Waals surface area contributed by atoms with E-state index >= 15 is 0 Å². The fourth-order valence-electron chi connectivity index (χ4n) is 7.50. The second-order valence-corrected chi connectivity index (χ2v) is 12.8. The van der Waals surface area contributed by atoms with Crippen molar-refractivity contribution in [3.8, 4) is 0 Å². The van der Waals surface area contributed by atoms with Crippen molar-refractivity contribution < 1.29 is 18.3 Å². The van der Waals surface area contributed by atoms with E-state index in [9.17, 15) is 18.3 Å². The van der Waals surface area contributed by atoms with Gasteiger partial charge < -0.3 is 10.4 Å². The molecule has 1 saturated heterocycles. The van der Waals surface area contributed by atoms with Gasteiger partial charge in [0, 0.05) is 30.4 Å². The van der Waals surface area contributed by atoms with Crippen molar-refractivity contribution in [2.45, 2.75) is 73.9 Å². The van der Waals surface area contributed by atoms with Gasteiger partial charge in [-0.1, -0.05) is 12.1 Å². The molecule has 3 unspecified atom stereocenters.